The van der Waals surface area contributed by atoms with Gasteiger partial charge < -0.3 is 5.11 Å². The first-order valence-corrected chi connectivity index (χ1v) is 4.97. The van der Waals surface area contributed by atoms with Crippen LogP contribution in [-0.2, 0) is 17.4 Å². The molecule has 0 fully saturated rings. The Hall–Kier alpha value is -0.870. The molecule has 0 spiro atoms. The lowest BCUT2D eigenvalue weighted by Gasteiger charge is -1.98. The van der Waals surface area contributed by atoms with Gasteiger partial charge in [0.25, 0.3) is 0 Å². The Morgan fingerprint density at radius 3 is 2.42 bits per heavy atom. The number of phenolic OH excluding ortho intramolecular Hbond substituents is 1. The quantitative estimate of drug-likeness (QED) is 0.722. The molecule has 1 rings (SSSR count). The minimum Gasteiger partial charge on any atom is -0.508 e. The molecule has 0 aromatic heterocycles. The molecule has 1 aromatic rings. The van der Waals surface area contributed by atoms with Gasteiger partial charge in [-0.1, -0.05) is 12.1 Å². The summed E-state index contributed by atoms with van der Waals surface area (Å²) in [4.78, 5) is 0. The number of hydrogen-bond donors (Lipinski definition) is 2. The van der Waals surface area contributed by atoms with Crippen molar-refractivity contribution in [3.63, 3.8) is 0 Å². The predicted molar refractivity (Wildman–Crippen MR) is 49.0 cm³/mol. The van der Waals surface area contributed by atoms with E-state index in [9.17, 15) is 4.21 Å². The molecule has 0 amide bonds. The van der Waals surface area contributed by atoms with Gasteiger partial charge in [0.15, 0.2) is 0 Å². The van der Waals surface area contributed by atoms with Gasteiger partial charge in [-0.25, -0.2) is 4.21 Å². The SMILES string of the molecule is N[S@](=O)CCc1ccc(O)cc1. The fourth-order valence-electron chi connectivity index (χ4n) is 0.881. The van der Waals surface area contributed by atoms with Crippen LogP contribution in [0.3, 0.4) is 0 Å². The van der Waals surface area contributed by atoms with Crippen molar-refractivity contribution in [2.24, 2.45) is 5.14 Å². The third kappa shape index (κ3) is 3.02. The summed E-state index contributed by atoms with van der Waals surface area (Å²) in [6, 6.07) is 6.80. The summed E-state index contributed by atoms with van der Waals surface area (Å²) in [5.41, 5.74) is 1.03. The lowest BCUT2D eigenvalue weighted by Crippen LogP contribution is -2.09. The van der Waals surface area contributed by atoms with Crippen molar-refractivity contribution in [1.82, 2.24) is 0 Å². The van der Waals surface area contributed by atoms with E-state index in [0.29, 0.717) is 12.2 Å². The van der Waals surface area contributed by atoms with Gasteiger partial charge in [-0.15, -0.1) is 0 Å². The Labute approximate surface area is 73.8 Å². The first-order valence-electron chi connectivity index (χ1n) is 3.59. The number of aromatic hydroxyl groups is 1. The first kappa shape index (κ1) is 9.22. The van der Waals surface area contributed by atoms with Gasteiger partial charge in [-0.3, -0.25) is 5.14 Å². The molecule has 0 heterocycles. The van der Waals surface area contributed by atoms with Crippen LogP contribution in [0.25, 0.3) is 0 Å². The van der Waals surface area contributed by atoms with Crippen LogP contribution in [0, 0.1) is 0 Å². The Morgan fingerprint density at radius 2 is 1.92 bits per heavy atom. The number of phenols is 1. The average Bonchev–Trinajstić information content (AvgIpc) is 2.03. The molecule has 12 heavy (non-hydrogen) atoms. The van der Waals surface area contributed by atoms with Crippen LogP contribution < -0.4 is 5.14 Å². The number of nitrogens with two attached hydrogens (primary N) is 1. The first-order chi connectivity index (χ1) is 5.68. The maximum Gasteiger partial charge on any atom is 0.115 e. The molecule has 1 aromatic carbocycles. The van der Waals surface area contributed by atoms with E-state index in [2.05, 4.69) is 0 Å². The second-order valence-corrected chi connectivity index (χ2v) is 3.67. The normalized spacial score (nSPS) is 12.8. The molecule has 0 aliphatic carbocycles. The van der Waals surface area contributed by atoms with Crippen molar-refractivity contribution >= 4 is 11.0 Å². The summed E-state index contributed by atoms with van der Waals surface area (Å²) in [6.45, 7) is 0. The molecule has 0 radical (unpaired) electrons. The van der Waals surface area contributed by atoms with Crippen LogP contribution in [0.5, 0.6) is 5.75 Å². The number of benzene rings is 1. The molecule has 0 saturated heterocycles. The van der Waals surface area contributed by atoms with Gasteiger partial charge in [0.2, 0.25) is 0 Å². The van der Waals surface area contributed by atoms with Gasteiger partial charge in [0.1, 0.15) is 5.75 Å². The van der Waals surface area contributed by atoms with Gasteiger partial charge in [-0.05, 0) is 24.1 Å². The van der Waals surface area contributed by atoms with Crippen molar-refractivity contribution < 1.29 is 9.32 Å². The lowest BCUT2D eigenvalue weighted by molar-refractivity contribution is 0.475. The highest BCUT2D eigenvalue weighted by Gasteiger charge is 1.95. The molecule has 66 valence electrons. The molecule has 0 aliphatic rings. The fraction of sp³-hybridized carbons (Fsp3) is 0.250. The predicted octanol–water partition coefficient (Wildman–Crippen LogP) is 0.557. The summed E-state index contributed by atoms with van der Waals surface area (Å²) >= 11 is 0. The van der Waals surface area contributed by atoms with Crippen molar-refractivity contribution in [3.05, 3.63) is 29.8 Å². The molecular formula is C8H11NO2S. The minimum atomic E-state index is -1.23. The number of aryl methyl sites for hydroxylation is 1. The van der Waals surface area contributed by atoms with E-state index < -0.39 is 11.0 Å². The zero-order chi connectivity index (χ0) is 8.97. The summed E-state index contributed by atoms with van der Waals surface area (Å²) in [6.07, 6.45) is 0.684. The van der Waals surface area contributed by atoms with E-state index in [4.69, 9.17) is 10.2 Å². The molecule has 0 unspecified atom stereocenters. The van der Waals surface area contributed by atoms with Crippen molar-refractivity contribution in [1.29, 1.82) is 0 Å². The number of hydrogen-bond acceptors (Lipinski definition) is 2. The highest BCUT2D eigenvalue weighted by molar-refractivity contribution is 7.82. The molecule has 4 heteroatoms. The fourth-order valence-corrected chi connectivity index (χ4v) is 1.32. The van der Waals surface area contributed by atoms with Crippen molar-refractivity contribution in [3.8, 4) is 5.75 Å². The Kier molecular flexibility index (Phi) is 3.25. The van der Waals surface area contributed by atoms with E-state index in [1.807, 2.05) is 0 Å². The van der Waals surface area contributed by atoms with Crippen LogP contribution in [0.4, 0.5) is 0 Å². The summed E-state index contributed by atoms with van der Waals surface area (Å²) in [7, 11) is -1.23. The van der Waals surface area contributed by atoms with Crippen LogP contribution in [0.15, 0.2) is 24.3 Å². The summed E-state index contributed by atoms with van der Waals surface area (Å²) < 4.78 is 10.5. The largest absolute Gasteiger partial charge is 0.508 e. The monoisotopic (exact) mass is 185 g/mol. The Bertz CT molecular complexity index is 271. The lowest BCUT2D eigenvalue weighted by atomic mass is 10.2. The molecule has 0 aliphatic heterocycles. The van der Waals surface area contributed by atoms with E-state index >= 15 is 0 Å². The molecular weight excluding hydrogens is 174 g/mol. The average molecular weight is 185 g/mol. The van der Waals surface area contributed by atoms with Gasteiger partial charge in [-0.2, -0.15) is 0 Å². The zero-order valence-electron chi connectivity index (χ0n) is 6.56. The summed E-state index contributed by atoms with van der Waals surface area (Å²) in [5, 5.41) is 14.0. The zero-order valence-corrected chi connectivity index (χ0v) is 7.38. The van der Waals surface area contributed by atoms with E-state index in [-0.39, 0.29) is 5.75 Å². The smallest absolute Gasteiger partial charge is 0.115 e. The van der Waals surface area contributed by atoms with Crippen LogP contribution >= 0.6 is 0 Å². The number of rotatable bonds is 3. The molecule has 1 atom stereocenters. The third-order valence-electron chi connectivity index (χ3n) is 1.53. The van der Waals surface area contributed by atoms with Gasteiger partial charge in [0, 0.05) is 5.75 Å². The molecule has 3 nitrogen and oxygen atoms in total. The minimum absolute atomic E-state index is 0.243. The topological polar surface area (TPSA) is 63.3 Å². The maximum atomic E-state index is 10.5. The van der Waals surface area contributed by atoms with Gasteiger partial charge >= 0.3 is 0 Å². The molecule has 0 bridgehead atoms. The Balaban J connectivity index is 2.53. The van der Waals surface area contributed by atoms with Crippen LogP contribution in [0.2, 0.25) is 0 Å². The second kappa shape index (κ2) is 4.23. The third-order valence-corrected chi connectivity index (χ3v) is 2.13. The highest BCUT2D eigenvalue weighted by atomic mass is 32.2. The summed E-state index contributed by atoms with van der Waals surface area (Å²) in [5.74, 6) is 0.706. The second-order valence-electron chi connectivity index (χ2n) is 2.50. The standard InChI is InChI=1S/C8H11NO2S/c9-12(11)6-5-7-1-3-8(10)4-2-7/h1-4,10H,5-6,9H2/t12-/m1/s1. The van der Waals surface area contributed by atoms with Crippen LogP contribution in [-0.4, -0.2) is 15.1 Å². The van der Waals surface area contributed by atoms with E-state index in [0.717, 1.165) is 5.56 Å². The Morgan fingerprint density at radius 1 is 1.33 bits per heavy atom. The molecule has 0 saturated carbocycles. The van der Waals surface area contributed by atoms with E-state index in [1.165, 1.54) is 0 Å². The highest BCUT2D eigenvalue weighted by Crippen LogP contribution is 2.09. The van der Waals surface area contributed by atoms with E-state index in [1.54, 1.807) is 24.3 Å². The van der Waals surface area contributed by atoms with Gasteiger partial charge in [0.05, 0.1) is 11.0 Å². The maximum absolute atomic E-state index is 10.5. The van der Waals surface area contributed by atoms with Crippen molar-refractivity contribution in [2.75, 3.05) is 5.75 Å². The molecule has 3 N–H and O–H groups in total. The van der Waals surface area contributed by atoms with Crippen molar-refractivity contribution in [2.45, 2.75) is 6.42 Å². The van der Waals surface area contributed by atoms with Crippen LogP contribution in [0.1, 0.15) is 5.56 Å².